The number of hydrogen-bond acceptors (Lipinski definition) is 3. The Kier molecular flexibility index (Phi) is 4.34. The minimum atomic E-state index is 0.104. The molecule has 5 heteroatoms. The lowest BCUT2D eigenvalue weighted by molar-refractivity contribution is 0.0390. The van der Waals surface area contributed by atoms with E-state index in [1.165, 1.54) is 25.7 Å². The SMILES string of the molecule is CNc1cc(C(=O)N2CCC[C@H]3CCCC[C@H]32)cc(Cl)n1. The second-order valence-corrected chi connectivity index (χ2v) is 6.45. The number of likely N-dealkylation sites (tertiary alicyclic amines) is 1. The van der Waals surface area contributed by atoms with Crippen molar-refractivity contribution in [3.05, 3.63) is 22.8 Å². The summed E-state index contributed by atoms with van der Waals surface area (Å²) >= 11 is 6.03. The molecule has 0 radical (unpaired) electrons. The number of hydrogen-bond donors (Lipinski definition) is 1. The highest BCUT2D eigenvalue weighted by Gasteiger charge is 2.36. The molecule has 1 aliphatic heterocycles. The Bertz CT molecular complexity index is 532. The van der Waals surface area contributed by atoms with E-state index in [2.05, 4.69) is 15.2 Å². The van der Waals surface area contributed by atoms with Crippen molar-refractivity contribution in [1.29, 1.82) is 0 Å². The third-order valence-electron chi connectivity index (χ3n) is 4.80. The maximum Gasteiger partial charge on any atom is 0.254 e. The predicted molar refractivity (Wildman–Crippen MR) is 84.8 cm³/mol. The van der Waals surface area contributed by atoms with Crippen LogP contribution < -0.4 is 5.32 Å². The van der Waals surface area contributed by atoms with E-state index in [9.17, 15) is 4.79 Å². The van der Waals surface area contributed by atoms with E-state index in [1.807, 2.05) is 0 Å². The molecule has 0 unspecified atom stereocenters. The van der Waals surface area contributed by atoms with E-state index < -0.39 is 0 Å². The van der Waals surface area contributed by atoms with Gasteiger partial charge in [0, 0.05) is 25.2 Å². The van der Waals surface area contributed by atoms with Gasteiger partial charge in [-0.1, -0.05) is 24.4 Å². The molecule has 1 aromatic rings. The number of piperidine rings is 1. The van der Waals surface area contributed by atoms with Gasteiger partial charge in [-0.2, -0.15) is 0 Å². The molecule has 3 rings (SSSR count). The Labute approximate surface area is 130 Å². The van der Waals surface area contributed by atoms with Gasteiger partial charge in [-0.05, 0) is 43.7 Å². The van der Waals surface area contributed by atoms with E-state index in [-0.39, 0.29) is 5.91 Å². The zero-order chi connectivity index (χ0) is 14.8. The van der Waals surface area contributed by atoms with Crippen LogP contribution in [0.5, 0.6) is 0 Å². The predicted octanol–water partition coefficient (Wildman–Crippen LogP) is 3.57. The van der Waals surface area contributed by atoms with E-state index in [4.69, 9.17) is 11.6 Å². The molecule has 2 atom stereocenters. The summed E-state index contributed by atoms with van der Waals surface area (Å²) in [5.74, 6) is 1.44. The van der Waals surface area contributed by atoms with Crippen LogP contribution in [0.4, 0.5) is 5.82 Å². The van der Waals surface area contributed by atoms with Crippen molar-refractivity contribution in [2.24, 2.45) is 5.92 Å². The van der Waals surface area contributed by atoms with Crippen LogP contribution in [0.15, 0.2) is 12.1 Å². The summed E-state index contributed by atoms with van der Waals surface area (Å²) in [5, 5.41) is 3.32. The molecule has 1 N–H and O–H groups in total. The van der Waals surface area contributed by atoms with Gasteiger partial charge in [-0.15, -0.1) is 0 Å². The minimum absolute atomic E-state index is 0.104. The summed E-state index contributed by atoms with van der Waals surface area (Å²) in [6.45, 7) is 0.870. The van der Waals surface area contributed by atoms with Gasteiger partial charge in [0.25, 0.3) is 5.91 Å². The number of aromatic nitrogens is 1. The van der Waals surface area contributed by atoms with Crippen LogP contribution in [0.3, 0.4) is 0 Å². The summed E-state index contributed by atoms with van der Waals surface area (Å²) in [7, 11) is 1.78. The van der Waals surface area contributed by atoms with Gasteiger partial charge in [0.15, 0.2) is 0 Å². The molecule has 0 aromatic carbocycles. The Morgan fingerprint density at radius 3 is 2.86 bits per heavy atom. The van der Waals surface area contributed by atoms with Crippen molar-refractivity contribution in [2.45, 2.75) is 44.6 Å². The van der Waals surface area contributed by atoms with Gasteiger partial charge >= 0.3 is 0 Å². The standard InChI is InChI=1S/C16H22ClN3O/c1-18-15-10-12(9-14(17)19-15)16(21)20-8-4-6-11-5-2-3-7-13(11)20/h9-11,13H,2-8H2,1H3,(H,18,19)/t11-,13-/m1/s1. The average Bonchev–Trinajstić information content (AvgIpc) is 2.53. The first-order valence-electron chi connectivity index (χ1n) is 7.85. The molecule has 1 saturated heterocycles. The molecule has 2 heterocycles. The average molecular weight is 308 g/mol. The fraction of sp³-hybridized carbons (Fsp3) is 0.625. The first kappa shape index (κ1) is 14.6. The lowest BCUT2D eigenvalue weighted by Gasteiger charge is -2.44. The van der Waals surface area contributed by atoms with Crippen molar-refractivity contribution in [3.8, 4) is 0 Å². The van der Waals surface area contributed by atoms with Crippen molar-refractivity contribution in [3.63, 3.8) is 0 Å². The maximum absolute atomic E-state index is 12.9. The van der Waals surface area contributed by atoms with Gasteiger partial charge in [0.05, 0.1) is 0 Å². The third-order valence-corrected chi connectivity index (χ3v) is 4.99. The first-order valence-corrected chi connectivity index (χ1v) is 8.23. The summed E-state index contributed by atoms with van der Waals surface area (Å²) in [6.07, 6.45) is 7.36. The molecule has 1 aliphatic carbocycles. The van der Waals surface area contributed by atoms with Gasteiger partial charge < -0.3 is 10.2 Å². The molecule has 4 nitrogen and oxygen atoms in total. The molecular weight excluding hydrogens is 286 g/mol. The lowest BCUT2D eigenvalue weighted by atomic mass is 9.78. The van der Waals surface area contributed by atoms with E-state index >= 15 is 0 Å². The Balaban J connectivity index is 1.85. The zero-order valence-corrected chi connectivity index (χ0v) is 13.2. The number of halogens is 1. The lowest BCUT2D eigenvalue weighted by Crippen LogP contribution is -2.49. The molecule has 0 spiro atoms. The molecule has 2 fully saturated rings. The Morgan fingerprint density at radius 1 is 1.29 bits per heavy atom. The van der Waals surface area contributed by atoms with Gasteiger partial charge in [0.2, 0.25) is 0 Å². The van der Waals surface area contributed by atoms with Crippen LogP contribution in [-0.4, -0.2) is 35.4 Å². The molecule has 114 valence electrons. The smallest absolute Gasteiger partial charge is 0.254 e. The molecule has 0 bridgehead atoms. The topological polar surface area (TPSA) is 45.2 Å². The highest BCUT2D eigenvalue weighted by atomic mass is 35.5. The number of carbonyl (C=O) groups is 1. The molecule has 21 heavy (non-hydrogen) atoms. The largest absolute Gasteiger partial charge is 0.373 e. The van der Waals surface area contributed by atoms with Crippen molar-refractivity contribution in [1.82, 2.24) is 9.88 Å². The summed E-state index contributed by atoms with van der Waals surface area (Å²) < 4.78 is 0. The van der Waals surface area contributed by atoms with Crippen LogP contribution in [0.2, 0.25) is 5.15 Å². The maximum atomic E-state index is 12.9. The van der Waals surface area contributed by atoms with Crippen molar-refractivity contribution >= 4 is 23.3 Å². The van der Waals surface area contributed by atoms with Crippen molar-refractivity contribution in [2.75, 3.05) is 18.9 Å². The van der Waals surface area contributed by atoms with E-state index in [1.54, 1.807) is 19.2 Å². The van der Waals surface area contributed by atoms with E-state index in [0.29, 0.717) is 28.5 Å². The summed E-state index contributed by atoms with van der Waals surface area (Å²) in [5.41, 5.74) is 0.644. The number of amides is 1. The molecular formula is C16H22ClN3O. The highest BCUT2D eigenvalue weighted by Crippen LogP contribution is 2.36. The number of carbonyl (C=O) groups excluding carboxylic acids is 1. The second-order valence-electron chi connectivity index (χ2n) is 6.07. The van der Waals surface area contributed by atoms with Crippen LogP contribution in [0.25, 0.3) is 0 Å². The fourth-order valence-electron chi connectivity index (χ4n) is 3.79. The number of anilines is 1. The van der Waals surface area contributed by atoms with Crippen LogP contribution in [0, 0.1) is 5.92 Å². The molecule has 1 amide bonds. The Hall–Kier alpha value is -1.29. The summed E-state index contributed by atoms with van der Waals surface area (Å²) in [4.78, 5) is 19.1. The Morgan fingerprint density at radius 2 is 2.05 bits per heavy atom. The van der Waals surface area contributed by atoms with Crippen LogP contribution in [0.1, 0.15) is 48.9 Å². The summed E-state index contributed by atoms with van der Waals surface area (Å²) in [6, 6.07) is 3.89. The quantitative estimate of drug-likeness (QED) is 0.850. The van der Waals surface area contributed by atoms with Gasteiger partial charge in [-0.25, -0.2) is 4.98 Å². The number of fused-ring (bicyclic) bond motifs is 1. The van der Waals surface area contributed by atoms with E-state index in [0.717, 1.165) is 19.4 Å². The van der Waals surface area contributed by atoms with Crippen molar-refractivity contribution < 1.29 is 4.79 Å². The second kappa shape index (κ2) is 6.22. The van der Waals surface area contributed by atoms with Gasteiger partial charge in [0.1, 0.15) is 11.0 Å². The normalized spacial score (nSPS) is 25.3. The third kappa shape index (κ3) is 3.00. The monoisotopic (exact) mass is 307 g/mol. The molecule has 1 saturated carbocycles. The van der Waals surface area contributed by atoms with Crippen LogP contribution >= 0.6 is 11.6 Å². The molecule has 1 aromatic heterocycles. The molecule has 2 aliphatic rings. The zero-order valence-electron chi connectivity index (χ0n) is 12.4. The fourth-order valence-corrected chi connectivity index (χ4v) is 4.00. The van der Waals surface area contributed by atoms with Crippen LogP contribution in [-0.2, 0) is 0 Å². The first-order chi connectivity index (χ1) is 10.2. The number of nitrogens with zero attached hydrogens (tertiary/aromatic N) is 2. The number of rotatable bonds is 2. The number of pyridine rings is 1. The minimum Gasteiger partial charge on any atom is -0.373 e. The highest BCUT2D eigenvalue weighted by molar-refractivity contribution is 6.29. The number of nitrogens with one attached hydrogen (secondary N) is 1. The van der Waals surface area contributed by atoms with Gasteiger partial charge in [-0.3, -0.25) is 4.79 Å².